The minimum absolute atomic E-state index is 0.145. The van der Waals surface area contributed by atoms with Crippen molar-refractivity contribution in [2.45, 2.75) is 52.4 Å². The molecule has 2 rings (SSSR count). The Kier molecular flexibility index (Phi) is 6.28. The van der Waals surface area contributed by atoms with Crippen LogP contribution in [-0.2, 0) is 16.1 Å². The van der Waals surface area contributed by atoms with E-state index in [-0.39, 0.29) is 24.7 Å². The average molecular weight is 348 g/mol. The van der Waals surface area contributed by atoms with E-state index in [0.717, 1.165) is 12.0 Å². The Hall–Kier alpha value is -2.24. The zero-order chi connectivity index (χ0) is 18.4. The first-order valence-corrected chi connectivity index (χ1v) is 8.70. The number of carbonyl (C=O) groups is 2. The first-order valence-electron chi connectivity index (χ1n) is 8.70. The fraction of sp³-hybridized carbons (Fsp3) is 0.579. The molecule has 0 aromatic heterocycles. The predicted octanol–water partition coefficient (Wildman–Crippen LogP) is 3.56. The molecule has 0 saturated carbocycles. The van der Waals surface area contributed by atoms with Crippen molar-refractivity contribution in [3.05, 3.63) is 35.9 Å². The third kappa shape index (κ3) is 6.29. The lowest BCUT2D eigenvalue weighted by atomic mass is 9.94. The Morgan fingerprint density at radius 1 is 1.24 bits per heavy atom. The number of rotatable bonds is 3. The molecular formula is C19H28N2O4. The molecule has 0 spiro atoms. The number of hydrogen-bond donors (Lipinski definition) is 1. The zero-order valence-corrected chi connectivity index (χ0v) is 15.5. The number of nitrogens with one attached hydrogen (secondary N) is 1. The molecule has 1 aromatic rings. The van der Waals surface area contributed by atoms with Gasteiger partial charge in [-0.2, -0.15) is 0 Å². The molecule has 1 aliphatic rings. The van der Waals surface area contributed by atoms with E-state index in [1.54, 1.807) is 4.90 Å². The molecule has 2 atom stereocenters. The van der Waals surface area contributed by atoms with Gasteiger partial charge in [-0.15, -0.1) is 0 Å². The van der Waals surface area contributed by atoms with E-state index < -0.39 is 11.7 Å². The summed E-state index contributed by atoms with van der Waals surface area (Å²) < 4.78 is 10.7. The van der Waals surface area contributed by atoms with Gasteiger partial charge < -0.3 is 19.7 Å². The Balaban J connectivity index is 1.86. The molecule has 0 bridgehead atoms. The van der Waals surface area contributed by atoms with Crippen LogP contribution in [0.2, 0.25) is 0 Å². The number of amides is 2. The van der Waals surface area contributed by atoms with Gasteiger partial charge in [0.2, 0.25) is 0 Å². The predicted molar refractivity (Wildman–Crippen MR) is 95.1 cm³/mol. The van der Waals surface area contributed by atoms with Crippen molar-refractivity contribution in [3.63, 3.8) is 0 Å². The largest absolute Gasteiger partial charge is 0.445 e. The van der Waals surface area contributed by atoms with Crippen molar-refractivity contribution in [3.8, 4) is 0 Å². The van der Waals surface area contributed by atoms with Crippen molar-refractivity contribution in [2.24, 2.45) is 5.92 Å². The summed E-state index contributed by atoms with van der Waals surface area (Å²) in [6, 6.07) is 9.42. The number of ether oxygens (including phenoxy) is 2. The van der Waals surface area contributed by atoms with E-state index >= 15 is 0 Å². The standard InChI is InChI=1S/C19H28N2O4/c1-14-10-11-21(12-16(14)20-17(22)25-19(2,3)4)18(23)24-13-15-8-6-5-7-9-15/h5-9,14,16H,10-13H2,1-4H3,(H,20,22)/t14-,16-/m1/s1. The molecule has 0 aliphatic carbocycles. The highest BCUT2D eigenvalue weighted by molar-refractivity contribution is 5.69. The van der Waals surface area contributed by atoms with Gasteiger partial charge in [-0.25, -0.2) is 9.59 Å². The maximum Gasteiger partial charge on any atom is 0.410 e. The van der Waals surface area contributed by atoms with Crippen LogP contribution in [0.25, 0.3) is 0 Å². The average Bonchev–Trinajstić information content (AvgIpc) is 2.54. The second kappa shape index (κ2) is 8.23. The summed E-state index contributed by atoms with van der Waals surface area (Å²) in [5, 5.41) is 2.87. The molecule has 0 unspecified atom stereocenters. The highest BCUT2D eigenvalue weighted by Gasteiger charge is 2.31. The highest BCUT2D eigenvalue weighted by atomic mass is 16.6. The van der Waals surface area contributed by atoms with Crippen LogP contribution in [0.4, 0.5) is 9.59 Å². The van der Waals surface area contributed by atoms with Crippen molar-refractivity contribution in [1.82, 2.24) is 10.2 Å². The van der Waals surface area contributed by atoms with Gasteiger partial charge in [-0.05, 0) is 38.7 Å². The van der Waals surface area contributed by atoms with E-state index in [1.165, 1.54) is 0 Å². The van der Waals surface area contributed by atoms with Crippen LogP contribution >= 0.6 is 0 Å². The number of piperidine rings is 1. The van der Waals surface area contributed by atoms with Crippen LogP contribution in [-0.4, -0.2) is 41.8 Å². The summed E-state index contributed by atoms with van der Waals surface area (Å²) in [7, 11) is 0. The van der Waals surface area contributed by atoms with Gasteiger partial charge in [-0.1, -0.05) is 37.3 Å². The van der Waals surface area contributed by atoms with Crippen LogP contribution in [0.3, 0.4) is 0 Å². The molecule has 1 N–H and O–H groups in total. The van der Waals surface area contributed by atoms with Crippen molar-refractivity contribution < 1.29 is 19.1 Å². The van der Waals surface area contributed by atoms with Crippen LogP contribution in [0.1, 0.15) is 39.7 Å². The van der Waals surface area contributed by atoms with E-state index in [0.29, 0.717) is 13.1 Å². The fourth-order valence-corrected chi connectivity index (χ4v) is 2.69. The Morgan fingerprint density at radius 3 is 2.56 bits per heavy atom. The molecule has 6 nitrogen and oxygen atoms in total. The molecule has 138 valence electrons. The maximum atomic E-state index is 12.3. The first-order chi connectivity index (χ1) is 11.7. The van der Waals surface area contributed by atoms with Crippen LogP contribution < -0.4 is 5.32 Å². The van der Waals surface area contributed by atoms with Crippen molar-refractivity contribution >= 4 is 12.2 Å². The number of carbonyl (C=O) groups excluding carboxylic acids is 2. The second-order valence-corrected chi connectivity index (χ2v) is 7.50. The number of benzene rings is 1. The van der Waals surface area contributed by atoms with Crippen LogP contribution in [0.15, 0.2) is 30.3 Å². The zero-order valence-electron chi connectivity index (χ0n) is 15.5. The van der Waals surface area contributed by atoms with Crippen molar-refractivity contribution in [2.75, 3.05) is 13.1 Å². The summed E-state index contributed by atoms with van der Waals surface area (Å²) in [5.41, 5.74) is 0.403. The lowest BCUT2D eigenvalue weighted by Crippen LogP contribution is -2.54. The number of nitrogens with zero attached hydrogens (tertiary/aromatic N) is 1. The van der Waals surface area contributed by atoms with Gasteiger partial charge in [-0.3, -0.25) is 0 Å². The summed E-state index contributed by atoms with van der Waals surface area (Å²) in [6.07, 6.45) is -0.00318. The normalized spacial score (nSPS) is 20.7. The maximum absolute atomic E-state index is 12.3. The smallest absolute Gasteiger partial charge is 0.410 e. The van der Waals surface area contributed by atoms with Gasteiger partial charge in [0.15, 0.2) is 0 Å². The molecule has 2 amide bonds. The molecular weight excluding hydrogens is 320 g/mol. The van der Waals surface area contributed by atoms with Gasteiger partial charge in [0.1, 0.15) is 12.2 Å². The van der Waals surface area contributed by atoms with Gasteiger partial charge in [0.25, 0.3) is 0 Å². The van der Waals surface area contributed by atoms with E-state index in [2.05, 4.69) is 12.2 Å². The molecule has 1 saturated heterocycles. The molecule has 1 fully saturated rings. The molecule has 1 aromatic carbocycles. The molecule has 0 radical (unpaired) electrons. The monoisotopic (exact) mass is 348 g/mol. The lowest BCUT2D eigenvalue weighted by molar-refractivity contribution is 0.0405. The van der Waals surface area contributed by atoms with E-state index in [9.17, 15) is 9.59 Å². The van der Waals surface area contributed by atoms with E-state index in [4.69, 9.17) is 9.47 Å². The summed E-state index contributed by atoms with van der Waals surface area (Å²) >= 11 is 0. The topological polar surface area (TPSA) is 67.9 Å². The third-order valence-corrected chi connectivity index (χ3v) is 4.12. The van der Waals surface area contributed by atoms with Gasteiger partial charge in [0.05, 0.1) is 6.04 Å². The Labute approximate surface area is 149 Å². The van der Waals surface area contributed by atoms with Gasteiger partial charge in [0, 0.05) is 13.1 Å². The van der Waals surface area contributed by atoms with Gasteiger partial charge >= 0.3 is 12.2 Å². The minimum Gasteiger partial charge on any atom is -0.445 e. The fourth-order valence-electron chi connectivity index (χ4n) is 2.69. The number of hydrogen-bond acceptors (Lipinski definition) is 4. The minimum atomic E-state index is -0.545. The summed E-state index contributed by atoms with van der Waals surface area (Å²) in [5.74, 6) is 0.269. The molecule has 1 heterocycles. The lowest BCUT2D eigenvalue weighted by Gasteiger charge is -2.37. The van der Waals surface area contributed by atoms with Crippen molar-refractivity contribution in [1.29, 1.82) is 0 Å². The number of likely N-dealkylation sites (tertiary alicyclic amines) is 1. The second-order valence-electron chi connectivity index (χ2n) is 7.50. The van der Waals surface area contributed by atoms with Crippen LogP contribution in [0.5, 0.6) is 0 Å². The molecule has 1 aliphatic heterocycles. The summed E-state index contributed by atoms with van der Waals surface area (Å²) in [4.78, 5) is 25.9. The SMILES string of the molecule is C[C@@H]1CCN(C(=O)OCc2ccccc2)C[C@H]1NC(=O)OC(C)(C)C. The quantitative estimate of drug-likeness (QED) is 0.907. The highest BCUT2D eigenvalue weighted by Crippen LogP contribution is 2.19. The Morgan fingerprint density at radius 2 is 1.92 bits per heavy atom. The van der Waals surface area contributed by atoms with E-state index in [1.807, 2.05) is 51.1 Å². The van der Waals surface area contributed by atoms with Crippen LogP contribution in [0, 0.1) is 5.92 Å². The Bertz CT molecular complexity index is 583. The number of alkyl carbamates (subject to hydrolysis) is 1. The molecule has 6 heteroatoms. The summed E-state index contributed by atoms with van der Waals surface area (Å²) in [6.45, 7) is 8.83. The third-order valence-electron chi connectivity index (χ3n) is 4.12. The molecule has 25 heavy (non-hydrogen) atoms. The first kappa shape index (κ1) is 19.1.